The van der Waals surface area contributed by atoms with Crippen molar-refractivity contribution in [2.75, 3.05) is 7.11 Å². The first-order valence-corrected chi connectivity index (χ1v) is 6.79. The minimum Gasteiger partial charge on any atom is -0.493 e. The lowest BCUT2D eigenvalue weighted by atomic mass is 10.1. The molecule has 0 fully saturated rings. The van der Waals surface area contributed by atoms with E-state index in [1.54, 1.807) is 24.6 Å². The summed E-state index contributed by atoms with van der Waals surface area (Å²) in [5.41, 5.74) is 7.30. The standard InChI is InChI=1S/C13H19N3OS/c1-8(2)16-13(10(17-4)7-15-16)12(14)11-6-5-9(3)18-11/h5-8,12H,14H2,1-4H3. The van der Waals surface area contributed by atoms with Crippen LogP contribution in [0, 0.1) is 6.92 Å². The summed E-state index contributed by atoms with van der Waals surface area (Å²) < 4.78 is 7.30. The third-order valence-electron chi connectivity index (χ3n) is 2.87. The third kappa shape index (κ3) is 2.28. The maximum Gasteiger partial charge on any atom is 0.161 e. The van der Waals surface area contributed by atoms with Gasteiger partial charge in [0.2, 0.25) is 0 Å². The molecule has 0 radical (unpaired) electrons. The Bertz CT molecular complexity index is 530. The van der Waals surface area contributed by atoms with Crippen LogP contribution in [0.3, 0.4) is 0 Å². The second kappa shape index (κ2) is 5.12. The molecule has 0 saturated heterocycles. The molecule has 2 aromatic rings. The van der Waals surface area contributed by atoms with E-state index in [-0.39, 0.29) is 12.1 Å². The second-order valence-electron chi connectivity index (χ2n) is 4.56. The number of nitrogens with two attached hydrogens (primary N) is 1. The van der Waals surface area contributed by atoms with E-state index in [0.717, 1.165) is 16.3 Å². The number of aryl methyl sites for hydroxylation is 1. The number of methoxy groups -OCH3 is 1. The van der Waals surface area contributed by atoms with Gasteiger partial charge in [-0.1, -0.05) is 0 Å². The molecule has 0 saturated carbocycles. The van der Waals surface area contributed by atoms with Gasteiger partial charge in [-0.05, 0) is 32.9 Å². The normalized spacial score (nSPS) is 13.0. The fourth-order valence-electron chi connectivity index (χ4n) is 1.98. The zero-order valence-electron chi connectivity index (χ0n) is 11.2. The van der Waals surface area contributed by atoms with Crippen LogP contribution in [0.5, 0.6) is 5.75 Å². The molecule has 2 N–H and O–H groups in total. The highest BCUT2D eigenvalue weighted by Gasteiger charge is 2.22. The van der Waals surface area contributed by atoms with Gasteiger partial charge >= 0.3 is 0 Å². The summed E-state index contributed by atoms with van der Waals surface area (Å²) in [7, 11) is 1.65. The molecule has 0 aliphatic carbocycles. The van der Waals surface area contributed by atoms with Crippen LogP contribution in [0.4, 0.5) is 0 Å². The molecular formula is C13H19N3OS. The summed E-state index contributed by atoms with van der Waals surface area (Å²) in [5, 5.41) is 4.36. The van der Waals surface area contributed by atoms with E-state index in [1.165, 1.54) is 4.88 Å². The summed E-state index contributed by atoms with van der Waals surface area (Å²) in [4.78, 5) is 2.39. The highest BCUT2D eigenvalue weighted by Crippen LogP contribution is 2.33. The van der Waals surface area contributed by atoms with Crippen LogP contribution in [0.1, 0.15) is 41.4 Å². The van der Waals surface area contributed by atoms with Crippen molar-refractivity contribution < 1.29 is 4.74 Å². The molecule has 4 nitrogen and oxygen atoms in total. The van der Waals surface area contributed by atoms with Gasteiger partial charge in [-0.2, -0.15) is 5.10 Å². The molecule has 2 aromatic heterocycles. The Morgan fingerprint density at radius 2 is 2.11 bits per heavy atom. The number of rotatable bonds is 4. The molecule has 0 aliphatic rings. The number of hydrogen-bond donors (Lipinski definition) is 1. The van der Waals surface area contributed by atoms with Crippen molar-refractivity contribution in [3.63, 3.8) is 0 Å². The largest absolute Gasteiger partial charge is 0.493 e. The first-order chi connectivity index (χ1) is 8.54. The first-order valence-electron chi connectivity index (χ1n) is 5.98. The maximum absolute atomic E-state index is 6.36. The number of ether oxygens (including phenoxy) is 1. The molecule has 0 aliphatic heterocycles. The Balaban J connectivity index is 2.45. The Hall–Kier alpha value is -1.33. The van der Waals surface area contributed by atoms with Crippen LogP contribution in [-0.4, -0.2) is 16.9 Å². The smallest absolute Gasteiger partial charge is 0.161 e. The molecule has 18 heavy (non-hydrogen) atoms. The topological polar surface area (TPSA) is 53.1 Å². The minimum atomic E-state index is -0.191. The van der Waals surface area contributed by atoms with Crippen LogP contribution in [0.15, 0.2) is 18.3 Å². The highest BCUT2D eigenvalue weighted by molar-refractivity contribution is 7.12. The molecule has 0 amide bonds. The fraction of sp³-hybridized carbons (Fsp3) is 0.462. The summed E-state index contributed by atoms with van der Waals surface area (Å²) in [6, 6.07) is 4.23. The lowest BCUT2D eigenvalue weighted by molar-refractivity contribution is 0.401. The maximum atomic E-state index is 6.36. The van der Waals surface area contributed by atoms with Crippen molar-refractivity contribution in [3.05, 3.63) is 33.8 Å². The van der Waals surface area contributed by atoms with Crippen molar-refractivity contribution in [2.24, 2.45) is 5.73 Å². The van der Waals surface area contributed by atoms with Gasteiger partial charge in [0, 0.05) is 15.8 Å². The molecule has 0 bridgehead atoms. The molecule has 98 valence electrons. The molecule has 5 heteroatoms. The predicted octanol–water partition coefficient (Wildman–Crippen LogP) is 2.89. The van der Waals surface area contributed by atoms with Gasteiger partial charge in [-0.3, -0.25) is 4.68 Å². The lowest BCUT2D eigenvalue weighted by Crippen LogP contribution is -2.18. The monoisotopic (exact) mass is 265 g/mol. The van der Waals surface area contributed by atoms with Crippen LogP contribution in [-0.2, 0) is 0 Å². The van der Waals surface area contributed by atoms with Crippen molar-refractivity contribution in [1.82, 2.24) is 9.78 Å². The molecular weight excluding hydrogens is 246 g/mol. The minimum absolute atomic E-state index is 0.191. The van der Waals surface area contributed by atoms with E-state index >= 15 is 0 Å². The van der Waals surface area contributed by atoms with Gasteiger partial charge in [-0.25, -0.2) is 0 Å². The van der Waals surface area contributed by atoms with Crippen molar-refractivity contribution in [3.8, 4) is 5.75 Å². The van der Waals surface area contributed by atoms with Gasteiger partial charge in [0.05, 0.1) is 19.3 Å². The highest BCUT2D eigenvalue weighted by atomic mass is 32.1. The van der Waals surface area contributed by atoms with Crippen molar-refractivity contribution in [1.29, 1.82) is 0 Å². The molecule has 2 rings (SSSR count). The van der Waals surface area contributed by atoms with Gasteiger partial charge in [-0.15, -0.1) is 11.3 Å². The Morgan fingerprint density at radius 3 is 2.61 bits per heavy atom. The Kier molecular flexibility index (Phi) is 3.73. The summed E-state index contributed by atoms with van der Waals surface area (Å²) in [6.07, 6.45) is 1.73. The molecule has 1 atom stereocenters. The molecule has 0 spiro atoms. The number of aromatic nitrogens is 2. The van der Waals surface area contributed by atoms with E-state index in [0.29, 0.717) is 0 Å². The number of thiophene rings is 1. The van der Waals surface area contributed by atoms with Gasteiger partial charge in [0.25, 0.3) is 0 Å². The van der Waals surface area contributed by atoms with Crippen molar-refractivity contribution >= 4 is 11.3 Å². The molecule has 1 unspecified atom stereocenters. The predicted molar refractivity (Wildman–Crippen MR) is 74.3 cm³/mol. The SMILES string of the molecule is COc1cnn(C(C)C)c1C(N)c1ccc(C)s1. The zero-order valence-corrected chi connectivity index (χ0v) is 12.0. The Morgan fingerprint density at radius 1 is 1.39 bits per heavy atom. The van der Waals surface area contributed by atoms with Gasteiger partial charge < -0.3 is 10.5 Å². The van der Waals surface area contributed by atoms with E-state index in [2.05, 4.69) is 38.0 Å². The molecule has 0 aromatic carbocycles. The van der Waals surface area contributed by atoms with Crippen LogP contribution < -0.4 is 10.5 Å². The lowest BCUT2D eigenvalue weighted by Gasteiger charge is -2.17. The van der Waals surface area contributed by atoms with E-state index < -0.39 is 0 Å². The summed E-state index contributed by atoms with van der Waals surface area (Å²) >= 11 is 1.71. The zero-order chi connectivity index (χ0) is 13.3. The van der Waals surface area contributed by atoms with E-state index in [9.17, 15) is 0 Å². The average molecular weight is 265 g/mol. The van der Waals surface area contributed by atoms with Crippen molar-refractivity contribution in [2.45, 2.75) is 32.9 Å². The quantitative estimate of drug-likeness (QED) is 0.924. The van der Waals surface area contributed by atoms with Crippen LogP contribution >= 0.6 is 11.3 Å². The van der Waals surface area contributed by atoms with Gasteiger partial charge in [0.15, 0.2) is 5.75 Å². The average Bonchev–Trinajstić information content (AvgIpc) is 2.93. The van der Waals surface area contributed by atoms with E-state index in [1.807, 2.05) is 4.68 Å². The van der Waals surface area contributed by atoms with Crippen LogP contribution in [0.2, 0.25) is 0 Å². The number of hydrogen-bond acceptors (Lipinski definition) is 4. The fourth-order valence-corrected chi connectivity index (χ4v) is 2.86. The number of nitrogens with zero attached hydrogens (tertiary/aromatic N) is 2. The first kappa shape index (κ1) is 13.1. The summed E-state index contributed by atoms with van der Waals surface area (Å²) in [6.45, 7) is 6.25. The third-order valence-corrected chi connectivity index (χ3v) is 3.95. The van der Waals surface area contributed by atoms with Gasteiger partial charge in [0.1, 0.15) is 5.69 Å². The Labute approximate surface area is 111 Å². The second-order valence-corrected chi connectivity index (χ2v) is 5.88. The van der Waals surface area contributed by atoms with E-state index in [4.69, 9.17) is 10.5 Å². The summed E-state index contributed by atoms with van der Waals surface area (Å²) in [5.74, 6) is 0.752. The molecule has 2 heterocycles. The van der Waals surface area contributed by atoms with Crippen LogP contribution in [0.25, 0.3) is 0 Å².